The summed E-state index contributed by atoms with van der Waals surface area (Å²) in [4.78, 5) is 13.8. The number of carbonyl (C=O) groups is 1. The Hall–Kier alpha value is -1.55. The van der Waals surface area contributed by atoms with Gasteiger partial charge in [0.15, 0.2) is 0 Å². The Labute approximate surface area is 128 Å². The SMILES string of the molecule is CCNC(C)(CCCCN(C)c1ccc(C)cc1)C(N)=O. The average molecular weight is 291 g/mol. The molecule has 0 bridgehead atoms. The smallest absolute Gasteiger partial charge is 0.237 e. The molecule has 1 aromatic carbocycles. The highest BCUT2D eigenvalue weighted by Gasteiger charge is 2.28. The number of aryl methyl sites for hydroxylation is 1. The minimum atomic E-state index is -0.586. The van der Waals surface area contributed by atoms with Gasteiger partial charge in [0.1, 0.15) is 0 Å². The van der Waals surface area contributed by atoms with Gasteiger partial charge in [0.25, 0.3) is 0 Å². The molecule has 1 unspecified atom stereocenters. The molecule has 0 aliphatic heterocycles. The van der Waals surface area contributed by atoms with Crippen LogP contribution in [0.2, 0.25) is 0 Å². The number of nitrogens with two attached hydrogens (primary N) is 1. The van der Waals surface area contributed by atoms with Crippen LogP contribution in [0.3, 0.4) is 0 Å². The Morgan fingerprint density at radius 2 is 1.90 bits per heavy atom. The minimum Gasteiger partial charge on any atom is -0.375 e. The maximum absolute atomic E-state index is 11.5. The molecular formula is C17H29N3O. The molecule has 0 saturated heterocycles. The number of carbonyl (C=O) groups excluding carboxylic acids is 1. The summed E-state index contributed by atoms with van der Waals surface area (Å²) in [6.45, 7) is 7.71. The number of primary amides is 1. The molecule has 1 atom stereocenters. The van der Waals surface area contributed by atoms with Crippen molar-refractivity contribution in [3.8, 4) is 0 Å². The predicted octanol–water partition coefficient (Wildman–Crippen LogP) is 2.46. The van der Waals surface area contributed by atoms with Crippen LogP contribution in [0.25, 0.3) is 0 Å². The second-order valence-electron chi connectivity index (χ2n) is 5.94. The van der Waals surface area contributed by atoms with E-state index in [4.69, 9.17) is 5.73 Å². The summed E-state index contributed by atoms with van der Waals surface area (Å²) >= 11 is 0. The normalized spacial score (nSPS) is 13.7. The lowest BCUT2D eigenvalue weighted by molar-refractivity contribution is -0.124. The molecule has 0 aromatic heterocycles. The number of rotatable bonds is 9. The van der Waals surface area contributed by atoms with Crippen molar-refractivity contribution in [2.45, 2.75) is 45.6 Å². The van der Waals surface area contributed by atoms with Crippen LogP contribution in [-0.4, -0.2) is 31.6 Å². The third-order valence-electron chi connectivity index (χ3n) is 4.01. The van der Waals surface area contributed by atoms with Crippen LogP contribution >= 0.6 is 0 Å². The van der Waals surface area contributed by atoms with Crippen molar-refractivity contribution in [2.24, 2.45) is 5.73 Å². The van der Waals surface area contributed by atoms with Crippen LogP contribution in [0.1, 0.15) is 38.7 Å². The van der Waals surface area contributed by atoms with E-state index in [2.05, 4.69) is 48.5 Å². The number of unbranched alkanes of at least 4 members (excludes halogenated alkanes) is 1. The number of likely N-dealkylation sites (N-methyl/N-ethyl adjacent to an activating group) is 1. The van der Waals surface area contributed by atoms with Gasteiger partial charge < -0.3 is 16.0 Å². The van der Waals surface area contributed by atoms with E-state index in [1.165, 1.54) is 11.3 Å². The molecule has 1 aromatic rings. The molecule has 3 N–H and O–H groups in total. The summed E-state index contributed by atoms with van der Waals surface area (Å²) in [5.41, 5.74) is 7.41. The molecule has 1 amide bonds. The summed E-state index contributed by atoms with van der Waals surface area (Å²) in [5, 5.41) is 3.20. The number of nitrogens with zero attached hydrogens (tertiary/aromatic N) is 1. The van der Waals surface area contributed by atoms with Gasteiger partial charge in [0.05, 0.1) is 5.54 Å². The van der Waals surface area contributed by atoms with Crippen LogP contribution in [0.15, 0.2) is 24.3 Å². The quantitative estimate of drug-likeness (QED) is 0.687. The summed E-state index contributed by atoms with van der Waals surface area (Å²) in [5.74, 6) is -0.267. The van der Waals surface area contributed by atoms with Gasteiger partial charge in [-0.15, -0.1) is 0 Å². The van der Waals surface area contributed by atoms with Crippen LogP contribution in [0, 0.1) is 6.92 Å². The van der Waals surface area contributed by atoms with Crippen LogP contribution in [0.4, 0.5) is 5.69 Å². The molecule has 0 saturated carbocycles. The largest absolute Gasteiger partial charge is 0.375 e. The lowest BCUT2D eigenvalue weighted by atomic mass is 9.94. The molecule has 21 heavy (non-hydrogen) atoms. The molecule has 0 spiro atoms. The van der Waals surface area contributed by atoms with E-state index in [1.54, 1.807) is 0 Å². The van der Waals surface area contributed by atoms with Gasteiger partial charge >= 0.3 is 0 Å². The molecule has 4 nitrogen and oxygen atoms in total. The summed E-state index contributed by atoms with van der Waals surface area (Å²) < 4.78 is 0. The molecule has 118 valence electrons. The fourth-order valence-corrected chi connectivity index (χ4v) is 2.44. The highest BCUT2D eigenvalue weighted by molar-refractivity contribution is 5.84. The first-order valence-corrected chi connectivity index (χ1v) is 7.72. The van der Waals surface area contributed by atoms with Crippen molar-refractivity contribution in [3.05, 3.63) is 29.8 Å². The standard InChI is InChI=1S/C17H29N3O/c1-5-19-17(3,16(18)21)12-6-7-13-20(4)15-10-8-14(2)9-11-15/h8-11,19H,5-7,12-13H2,1-4H3,(H2,18,21). The first-order valence-electron chi connectivity index (χ1n) is 7.72. The van der Waals surface area contributed by atoms with E-state index in [0.29, 0.717) is 0 Å². The van der Waals surface area contributed by atoms with Crippen LogP contribution in [-0.2, 0) is 4.79 Å². The molecular weight excluding hydrogens is 262 g/mol. The third kappa shape index (κ3) is 5.38. The second-order valence-corrected chi connectivity index (χ2v) is 5.94. The molecule has 0 heterocycles. The Balaban J connectivity index is 2.39. The van der Waals surface area contributed by atoms with E-state index in [-0.39, 0.29) is 5.91 Å². The van der Waals surface area contributed by atoms with Crippen molar-refractivity contribution in [1.29, 1.82) is 0 Å². The molecule has 1 rings (SSSR count). The van der Waals surface area contributed by atoms with Crippen molar-refractivity contribution in [3.63, 3.8) is 0 Å². The van der Waals surface area contributed by atoms with Gasteiger partial charge in [0, 0.05) is 19.3 Å². The number of nitrogens with one attached hydrogen (secondary N) is 1. The molecule has 4 heteroatoms. The Morgan fingerprint density at radius 3 is 2.43 bits per heavy atom. The van der Waals surface area contributed by atoms with Crippen molar-refractivity contribution >= 4 is 11.6 Å². The molecule has 0 fully saturated rings. The molecule has 0 aliphatic rings. The number of anilines is 1. The Morgan fingerprint density at radius 1 is 1.29 bits per heavy atom. The lowest BCUT2D eigenvalue weighted by Crippen LogP contribution is -2.53. The summed E-state index contributed by atoms with van der Waals surface area (Å²) in [7, 11) is 2.10. The Bertz CT molecular complexity index is 444. The second kappa shape index (κ2) is 8.03. The fraction of sp³-hybridized carbons (Fsp3) is 0.588. The lowest BCUT2D eigenvalue weighted by Gasteiger charge is -2.27. The van der Waals surface area contributed by atoms with E-state index in [1.807, 2.05) is 13.8 Å². The van der Waals surface area contributed by atoms with Crippen LogP contribution in [0.5, 0.6) is 0 Å². The summed E-state index contributed by atoms with van der Waals surface area (Å²) in [6, 6.07) is 8.53. The van der Waals surface area contributed by atoms with E-state index < -0.39 is 5.54 Å². The molecule has 0 radical (unpaired) electrons. The van der Waals surface area contributed by atoms with Gasteiger partial charge in [-0.2, -0.15) is 0 Å². The van der Waals surface area contributed by atoms with Gasteiger partial charge in [-0.1, -0.05) is 24.6 Å². The first kappa shape index (κ1) is 17.5. The first-order chi connectivity index (χ1) is 9.89. The summed E-state index contributed by atoms with van der Waals surface area (Å²) in [6.07, 6.45) is 2.79. The van der Waals surface area contributed by atoms with Gasteiger partial charge in [-0.25, -0.2) is 0 Å². The van der Waals surface area contributed by atoms with Crippen molar-refractivity contribution in [1.82, 2.24) is 5.32 Å². The van der Waals surface area contributed by atoms with Gasteiger partial charge in [-0.05, 0) is 51.8 Å². The predicted molar refractivity (Wildman–Crippen MR) is 89.6 cm³/mol. The van der Waals surface area contributed by atoms with Gasteiger partial charge in [0.2, 0.25) is 5.91 Å². The highest BCUT2D eigenvalue weighted by Crippen LogP contribution is 2.16. The third-order valence-corrected chi connectivity index (χ3v) is 4.01. The van der Waals surface area contributed by atoms with Crippen molar-refractivity contribution in [2.75, 3.05) is 25.0 Å². The van der Waals surface area contributed by atoms with E-state index in [9.17, 15) is 4.79 Å². The van der Waals surface area contributed by atoms with E-state index >= 15 is 0 Å². The maximum atomic E-state index is 11.5. The Kier molecular flexibility index (Phi) is 6.69. The number of hydrogen-bond donors (Lipinski definition) is 2. The zero-order valence-corrected chi connectivity index (χ0v) is 13.8. The van der Waals surface area contributed by atoms with E-state index in [0.717, 1.165) is 32.4 Å². The number of hydrogen-bond acceptors (Lipinski definition) is 3. The van der Waals surface area contributed by atoms with Crippen molar-refractivity contribution < 1.29 is 4.79 Å². The zero-order chi connectivity index (χ0) is 15.9. The maximum Gasteiger partial charge on any atom is 0.237 e. The fourth-order valence-electron chi connectivity index (χ4n) is 2.44. The average Bonchev–Trinajstić information content (AvgIpc) is 2.44. The molecule has 0 aliphatic carbocycles. The van der Waals surface area contributed by atoms with Crippen LogP contribution < -0.4 is 16.0 Å². The minimum absolute atomic E-state index is 0.267. The van der Waals surface area contributed by atoms with Gasteiger partial charge in [-0.3, -0.25) is 4.79 Å². The number of amides is 1. The highest BCUT2D eigenvalue weighted by atomic mass is 16.1. The topological polar surface area (TPSA) is 58.4 Å². The monoisotopic (exact) mass is 291 g/mol. The zero-order valence-electron chi connectivity index (χ0n) is 13.8. The number of benzene rings is 1.